The summed E-state index contributed by atoms with van der Waals surface area (Å²) in [5.74, 6) is -0.0796. The zero-order valence-electron chi connectivity index (χ0n) is 8.22. The first kappa shape index (κ1) is 10.5. The quantitative estimate of drug-likeness (QED) is 0.625. The van der Waals surface area contributed by atoms with Gasteiger partial charge in [-0.15, -0.1) is 0 Å². The van der Waals surface area contributed by atoms with Crippen molar-refractivity contribution >= 4 is 5.97 Å². The molecule has 1 aliphatic carbocycles. The lowest BCUT2D eigenvalue weighted by molar-refractivity contribution is -0.141. The molecule has 1 rings (SSSR count). The Hall–Kier alpha value is -1.57. The van der Waals surface area contributed by atoms with Crippen LogP contribution in [-0.4, -0.2) is 12.6 Å². The van der Waals surface area contributed by atoms with Crippen LogP contribution in [-0.2, 0) is 9.53 Å². The fourth-order valence-electron chi connectivity index (χ4n) is 1.06. The first-order valence-electron chi connectivity index (χ1n) is 4.61. The molecule has 1 unspecified atom stereocenters. The number of esters is 1. The van der Waals surface area contributed by atoms with Gasteiger partial charge in [-0.05, 0) is 0 Å². The average molecular weight is 190 g/mol. The maximum absolute atomic E-state index is 10.6. The Kier molecular flexibility index (Phi) is 4.48. The van der Waals surface area contributed by atoms with Crippen LogP contribution in [0.4, 0.5) is 0 Å². The molecule has 2 nitrogen and oxygen atoms in total. The van der Waals surface area contributed by atoms with Crippen LogP contribution in [0, 0.1) is 5.92 Å². The summed E-state index contributed by atoms with van der Waals surface area (Å²) in [5.41, 5.74) is 0. The molecular formula is C12H14O2. The molecule has 1 atom stereocenters. The number of carbonyl (C=O) groups excluding carboxylic acids is 1. The van der Waals surface area contributed by atoms with Gasteiger partial charge in [0.2, 0.25) is 0 Å². The van der Waals surface area contributed by atoms with Gasteiger partial charge in [0, 0.05) is 12.8 Å². The second kappa shape index (κ2) is 5.97. The van der Waals surface area contributed by atoms with Crippen molar-refractivity contribution in [2.24, 2.45) is 5.92 Å². The highest BCUT2D eigenvalue weighted by Gasteiger charge is 2.01. The van der Waals surface area contributed by atoms with E-state index in [1.54, 1.807) is 0 Å². The van der Waals surface area contributed by atoms with E-state index in [9.17, 15) is 4.79 Å². The predicted molar refractivity (Wildman–Crippen MR) is 56.7 cm³/mol. The second-order valence-electron chi connectivity index (χ2n) is 3.01. The summed E-state index contributed by atoms with van der Waals surface area (Å²) in [7, 11) is 0. The van der Waals surface area contributed by atoms with E-state index >= 15 is 0 Å². The third-order valence-corrected chi connectivity index (χ3v) is 1.75. The van der Waals surface area contributed by atoms with Crippen molar-refractivity contribution in [2.45, 2.75) is 6.92 Å². The van der Waals surface area contributed by atoms with E-state index in [0.29, 0.717) is 6.61 Å². The maximum atomic E-state index is 10.6. The molecule has 14 heavy (non-hydrogen) atoms. The van der Waals surface area contributed by atoms with Gasteiger partial charge in [-0.3, -0.25) is 4.79 Å². The minimum atomic E-state index is -0.238. The van der Waals surface area contributed by atoms with Crippen LogP contribution in [0.25, 0.3) is 0 Å². The molecular weight excluding hydrogens is 176 g/mol. The van der Waals surface area contributed by atoms with Crippen molar-refractivity contribution in [2.75, 3.05) is 6.61 Å². The number of ether oxygens (including phenoxy) is 1. The van der Waals surface area contributed by atoms with Gasteiger partial charge >= 0.3 is 5.97 Å². The van der Waals surface area contributed by atoms with E-state index in [4.69, 9.17) is 4.74 Å². The van der Waals surface area contributed by atoms with E-state index in [1.165, 1.54) is 6.92 Å². The molecule has 0 aromatic carbocycles. The lowest BCUT2D eigenvalue weighted by atomic mass is 10.1. The topological polar surface area (TPSA) is 26.3 Å². The van der Waals surface area contributed by atoms with Gasteiger partial charge in [0.15, 0.2) is 0 Å². The van der Waals surface area contributed by atoms with Crippen LogP contribution in [0.2, 0.25) is 0 Å². The molecule has 0 aliphatic heterocycles. The molecule has 0 spiro atoms. The van der Waals surface area contributed by atoms with Crippen molar-refractivity contribution in [3.05, 3.63) is 48.6 Å². The zero-order chi connectivity index (χ0) is 10.2. The Balaban J connectivity index is 2.53. The van der Waals surface area contributed by atoms with Crippen LogP contribution in [0.3, 0.4) is 0 Å². The minimum Gasteiger partial charge on any atom is -0.465 e. The summed E-state index contributed by atoms with van der Waals surface area (Å²) in [6.45, 7) is 1.83. The van der Waals surface area contributed by atoms with E-state index in [-0.39, 0.29) is 11.9 Å². The smallest absolute Gasteiger partial charge is 0.302 e. The summed E-state index contributed by atoms with van der Waals surface area (Å²) in [6.07, 6.45) is 15.7. The number of hydrogen-bond acceptors (Lipinski definition) is 2. The zero-order valence-corrected chi connectivity index (χ0v) is 8.22. The van der Waals surface area contributed by atoms with Gasteiger partial charge in [-0.2, -0.15) is 0 Å². The Morgan fingerprint density at radius 2 is 1.57 bits per heavy atom. The monoisotopic (exact) mass is 190 g/mol. The van der Waals surface area contributed by atoms with Crippen molar-refractivity contribution < 1.29 is 9.53 Å². The van der Waals surface area contributed by atoms with E-state index in [0.717, 1.165) is 0 Å². The van der Waals surface area contributed by atoms with Crippen LogP contribution >= 0.6 is 0 Å². The lowest BCUT2D eigenvalue weighted by Crippen LogP contribution is -2.08. The molecule has 2 heteroatoms. The summed E-state index contributed by atoms with van der Waals surface area (Å²) < 4.78 is 4.93. The fourth-order valence-corrected chi connectivity index (χ4v) is 1.06. The van der Waals surface area contributed by atoms with Gasteiger partial charge in [0.1, 0.15) is 6.61 Å². The van der Waals surface area contributed by atoms with E-state index in [1.807, 2.05) is 48.6 Å². The first-order chi connectivity index (χ1) is 6.79. The normalized spacial score (nSPS) is 29.1. The average Bonchev–Trinajstić information content (AvgIpc) is 2.27. The maximum Gasteiger partial charge on any atom is 0.302 e. The molecule has 0 saturated carbocycles. The van der Waals surface area contributed by atoms with Crippen molar-refractivity contribution in [3.63, 3.8) is 0 Å². The van der Waals surface area contributed by atoms with Crippen molar-refractivity contribution in [1.82, 2.24) is 0 Å². The molecule has 0 heterocycles. The van der Waals surface area contributed by atoms with Gasteiger partial charge in [0.05, 0.1) is 0 Å². The van der Waals surface area contributed by atoms with Crippen LogP contribution in [0.1, 0.15) is 6.92 Å². The Morgan fingerprint density at radius 1 is 1.07 bits per heavy atom. The highest BCUT2D eigenvalue weighted by atomic mass is 16.5. The summed E-state index contributed by atoms with van der Waals surface area (Å²) in [5, 5.41) is 0. The second-order valence-corrected chi connectivity index (χ2v) is 3.01. The first-order valence-corrected chi connectivity index (χ1v) is 4.61. The summed E-state index contributed by atoms with van der Waals surface area (Å²) >= 11 is 0. The van der Waals surface area contributed by atoms with Gasteiger partial charge in [0.25, 0.3) is 0 Å². The summed E-state index contributed by atoms with van der Waals surface area (Å²) in [4.78, 5) is 10.6. The third kappa shape index (κ3) is 4.45. The number of allylic oxidation sites excluding steroid dienone is 6. The molecule has 1 aliphatic rings. The lowest BCUT2D eigenvalue weighted by Gasteiger charge is -2.06. The molecule has 0 bridgehead atoms. The molecule has 0 aromatic heterocycles. The minimum absolute atomic E-state index is 0.159. The standard InChI is InChI=1S/C12H14O2/c1-11(13)14-10-12-8-6-4-2-3-5-7-9-12/h2-9,12H,10H2,1H3/b4-2-,5-3+,8-6+,9-7-. The van der Waals surface area contributed by atoms with Crippen LogP contribution in [0.15, 0.2) is 48.6 Å². The van der Waals surface area contributed by atoms with Gasteiger partial charge < -0.3 is 4.74 Å². The Bertz CT molecular complexity index is 273. The van der Waals surface area contributed by atoms with Crippen LogP contribution < -0.4 is 0 Å². The molecule has 0 fully saturated rings. The van der Waals surface area contributed by atoms with Crippen molar-refractivity contribution in [1.29, 1.82) is 0 Å². The molecule has 0 amide bonds. The molecule has 0 N–H and O–H groups in total. The largest absolute Gasteiger partial charge is 0.465 e. The highest BCUT2D eigenvalue weighted by molar-refractivity contribution is 5.65. The Morgan fingerprint density at radius 3 is 2.07 bits per heavy atom. The van der Waals surface area contributed by atoms with E-state index < -0.39 is 0 Å². The number of hydrogen-bond donors (Lipinski definition) is 0. The molecule has 0 saturated heterocycles. The fraction of sp³-hybridized carbons (Fsp3) is 0.250. The van der Waals surface area contributed by atoms with Gasteiger partial charge in [-0.25, -0.2) is 0 Å². The SMILES string of the molecule is CC(=O)OCC1\C=C/C=C/C=C\C=C\1. The van der Waals surface area contributed by atoms with Gasteiger partial charge in [-0.1, -0.05) is 48.6 Å². The number of rotatable bonds is 2. The number of carbonyl (C=O) groups is 1. The third-order valence-electron chi connectivity index (χ3n) is 1.75. The highest BCUT2D eigenvalue weighted by Crippen LogP contribution is 2.04. The molecule has 74 valence electrons. The van der Waals surface area contributed by atoms with E-state index in [2.05, 4.69) is 0 Å². The molecule has 0 aromatic rings. The summed E-state index contributed by atoms with van der Waals surface area (Å²) in [6, 6.07) is 0. The Labute approximate surface area is 84.3 Å². The van der Waals surface area contributed by atoms with Crippen LogP contribution in [0.5, 0.6) is 0 Å². The molecule has 0 radical (unpaired) electrons. The predicted octanol–water partition coefficient (Wildman–Crippen LogP) is 2.40. The van der Waals surface area contributed by atoms with Crippen molar-refractivity contribution in [3.8, 4) is 0 Å².